The van der Waals surface area contributed by atoms with Crippen molar-refractivity contribution in [2.45, 2.75) is 32.2 Å². The maximum absolute atomic E-state index is 12.7. The van der Waals surface area contributed by atoms with Crippen LogP contribution in [0, 0.1) is 5.41 Å². The summed E-state index contributed by atoms with van der Waals surface area (Å²) in [6.07, 6.45) is 4.11. The summed E-state index contributed by atoms with van der Waals surface area (Å²) in [7, 11) is 5.93. The summed E-state index contributed by atoms with van der Waals surface area (Å²) in [5.74, 6) is 0.208. The molecule has 0 aromatic heterocycles. The van der Waals surface area contributed by atoms with Gasteiger partial charge in [0.2, 0.25) is 5.91 Å². The quantitative estimate of drug-likeness (QED) is 0.904. The SMILES string of the molecule is CN(Cc1ccc(N(C)C)cc1)C(=O)C1(CN)CCCC1. The van der Waals surface area contributed by atoms with Crippen LogP contribution in [0.2, 0.25) is 0 Å². The van der Waals surface area contributed by atoms with Crippen LogP contribution in [0.4, 0.5) is 5.69 Å². The van der Waals surface area contributed by atoms with Crippen LogP contribution in [0.15, 0.2) is 24.3 Å². The van der Waals surface area contributed by atoms with E-state index < -0.39 is 0 Å². The number of hydrogen-bond acceptors (Lipinski definition) is 3. The van der Waals surface area contributed by atoms with Gasteiger partial charge in [-0.2, -0.15) is 0 Å². The average molecular weight is 289 g/mol. The Bertz CT molecular complexity index is 475. The molecule has 0 spiro atoms. The molecule has 2 N–H and O–H groups in total. The fourth-order valence-corrected chi connectivity index (χ4v) is 3.21. The van der Waals surface area contributed by atoms with E-state index in [4.69, 9.17) is 5.73 Å². The highest BCUT2D eigenvalue weighted by Crippen LogP contribution is 2.38. The van der Waals surface area contributed by atoms with Crippen molar-refractivity contribution in [2.24, 2.45) is 11.1 Å². The molecule has 1 aliphatic rings. The van der Waals surface area contributed by atoms with Crippen LogP contribution in [0.1, 0.15) is 31.2 Å². The lowest BCUT2D eigenvalue weighted by atomic mass is 9.84. The van der Waals surface area contributed by atoms with Crippen LogP contribution in [0.3, 0.4) is 0 Å². The maximum Gasteiger partial charge on any atom is 0.230 e. The molecule has 2 rings (SSSR count). The maximum atomic E-state index is 12.7. The predicted octanol–water partition coefficient (Wildman–Crippen LogP) is 2.23. The summed E-state index contributed by atoms with van der Waals surface area (Å²) < 4.78 is 0. The molecule has 1 fully saturated rings. The molecule has 1 aliphatic carbocycles. The van der Waals surface area contributed by atoms with Gasteiger partial charge in [0.25, 0.3) is 0 Å². The number of carbonyl (C=O) groups excluding carboxylic acids is 1. The number of hydrogen-bond donors (Lipinski definition) is 1. The van der Waals surface area contributed by atoms with E-state index in [-0.39, 0.29) is 11.3 Å². The third-order valence-electron chi connectivity index (χ3n) is 4.62. The first-order valence-electron chi connectivity index (χ1n) is 7.70. The second kappa shape index (κ2) is 6.48. The van der Waals surface area contributed by atoms with Crippen molar-refractivity contribution in [1.82, 2.24) is 4.90 Å². The van der Waals surface area contributed by atoms with Crippen molar-refractivity contribution in [3.05, 3.63) is 29.8 Å². The van der Waals surface area contributed by atoms with Gasteiger partial charge in [0.05, 0.1) is 5.41 Å². The molecule has 4 heteroatoms. The number of rotatable bonds is 5. The fraction of sp³-hybridized carbons (Fsp3) is 0.588. The molecule has 0 bridgehead atoms. The third kappa shape index (κ3) is 3.38. The zero-order chi connectivity index (χ0) is 15.5. The Labute approximate surface area is 127 Å². The molecule has 0 heterocycles. The fourth-order valence-electron chi connectivity index (χ4n) is 3.21. The van der Waals surface area contributed by atoms with Crippen LogP contribution in [-0.2, 0) is 11.3 Å². The van der Waals surface area contributed by atoms with Gasteiger partial charge in [-0.15, -0.1) is 0 Å². The van der Waals surface area contributed by atoms with Crippen molar-refractivity contribution < 1.29 is 4.79 Å². The molecule has 0 aliphatic heterocycles. The van der Waals surface area contributed by atoms with E-state index >= 15 is 0 Å². The minimum absolute atomic E-state index is 0.208. The Hall–Kier alpha value is -1.55. The second-order valence-electron chi connectivity index (χ2n) is 6.41. The van der Waals surface area contributed by atoms with Gasteiger partial charge in [0.1, 0.15) is 0 Å². The number of nitrogens with zero attached hydrogens (tertiary/aromatic N) is 2. The van der Waals surface area contributed by atoms with E-state index in [1.807, 2.05) is 26.0 Å². The predicted molar refractivity (Wildman–Crippen MR) is 87.2 cm³/mol. The van der Waals surface area contributed by atoms with E-state index in [1.54, 1.807) is 0 Å². The topological polar surface area (TPSA) is 49.6 Å². The number of benzene rings is 1. The van der Waals surface area contributed by atoms with Gasteiger partial charge in [0, 0.05) is 39.9 Å². The van der Waals surface area contributed by atoms with E-state index in [9.17, 15) is 4.79 Å². The van der Waals surface area contributed by atoms with Crippen LogP contribution >= 0.6 is 0 Å². The van der Waals surface area contributed by atoms with E-state index in [0.717, 1.165) is 31.2 Å². The normalized spacial score (nSPS) is 16.8. The zero-order valence-electron chi connectivity index (χ0n) is 13.4. The lowest BCUT2D eigenvalue weighted by molar-refractivity contribution is -0.140. The molecule has 4 nitrogen and oxygen atoms in total. The van der Waals surface area contributed by atoms with Gasteiger partial charge in [-0.3, -0.25) is 4.79 Å². The average Bonchev–Trinajstić information content (AvgIpc) is 2.97. The highest BCUT2D eigenvalue weighted by Gasteiger charge is 2.41. The van der Waals surface area contributed by atoms with Crippen LogP contribution in [-0.4, -0.2) is 38.5 Å². The second-order valence-corrected chi connectivity index (χ2v) is 6.41. The minimum atomic E-state index is -0.307. The number of amides is 1. The molecule has 116 valence electrons. The molecule has 1 aromatic rings. The van der Waals surface area contributed by atoms with Gasteiger partial charge < -0.3 is 15.5 Å². The molecule has 1 aromatic carbocycles. The molecule has 0 atom stereocenters. The number of anilines is 1. The standard InChI is InChI=1S/C17H27N3O/c1-19(2)15-8-6-14(7-9-15)12-20(3)16(21)17(13-18)10-4-5-11-17/h6-9H,4-5,10-13,18H2,1-3H3. The smallest absolute Gasteiger partial charge is 0.230 e. The first kappa shape index (κ1) is 15.8. The van der Waals surface area contributed by atoms with Gasteiger partial charge in [-0.05, 0) is 30.5 Å². The summed E-state index contributed by atoms with van der Waals surface area (Å²) >= 11 is 0. The monoisotopic (exact) mass is 289 g/mol. The van der Waals surface area contributed by atoms with Crippen LogP contribution in [0.5, 0.6) is 0 Å². The van der Waals surface area contributed by atoms with E-state index in [2.05, 4.69) is 29.2 Å². The van der Waals surface area contributed by atoms with Crippen LogP contribution < -0.4 is 10.6 Å². The van der Waals surface area contributed by atoms with E-state index in [0.29, 0.717) is 13.1 Å². The van der Waals surface area contributed by atoms with Crippen molar-refractivity contribution in [3.63, 3.8) is 0 Å². The van der Waals surface area contributed by atoms with Gasteiger partial charge in [-0.1, -0.05) is 25.0 Å². The molecular weight excluding hydrogens is 262 g/mol. The van der Waals surface area contributed by atoms with Gasteiger partial charge in [0.15, 0.2) is 0 Å². The summed E-state index contributed by atoms with van der Waals surface area (Å²) in [6, 6.07) is 8.34. The lowest BCUT2D eigenvalue weighted by Gasteiger charge is -2.31. The molecule has 1 amide bonds. The van der Waals surface area contributed by atoms with E-state index in [1.165, 1.54) is 5.69 Å². The molecule has 0 saturated heterocycles. The number of carbonyl (C=O) groups is 1. The minimum Gasteiger partial charge on any atom is -0.378 e. The molecule has 0 unspecified atom stereocenters. The van der Waals surface area contributed by atoms with Crippen molar-refractivity contribution in [3.8, 4) is 0 Å². The Morgan fingerprint density at radius 2 is 1.71 bits per heavy atom. The first-order valence-corrected chi connectivity index (χ1v) is 7.70. The third-order valence-corrected chi connectivity index (χ3v) is 4.62. The largest absolute Gasteiger partial charge is 0.378 e. The summed E-state index contributed by atoms with van der Waals surface area (Å²) in [6.45, 7) is 1.12. The first-order chi connectivity index (χ1) is 9.98. The molecule has 1 saturated carbocycles. The van der Waals surface area contributed by atoms with Crippen molar-refractivity contribution in [1.29, 1.82) is 0 Å². The van der Waals surface area contributed by atoms with Gasteiger partial charge in [-0.25, -0.2) is 0 Å². The Kier molecular flexibility index (Phi) is 4.88. The highest BCUT2D eigenvalue weighted by atomic mass is 16.2. The molecule has 0 radical (unpaired) electrons. The Morgan fingerprint density at radius 1 is 1.14 bits per heavy atom. The van der Waals surface area contributed by atoms with Crippen molar-refractivity contribution in [2.75, 3.05) is 32.6 Å². The summed E-state index contributed by atoms with van der Waals surface area (Å²) in [4.78, 5) is 16.6. The van der Waals surface area contributed by atoms with Crippen molar-refractivity contribution >= 4 is 11.6 Å². The van der Waals surface area contributed by atoms with Crippen LogP contribution in [0.25, 0.3) is 0 Å². The van der Waals surface area contributed by atoms with Gasteiger partial charge >= 0.3 is 0 Å². The molecule has 21 heavy (non-hydrogen) atoms. The summed E-state index contributed by atoms with van der Waals surface area (Å²) in [5.41, 5.74) is 7.92. The highest BCUT2D eigenvalue weighted by molar-refractivity contribution is 5.83. The number of nitrogens with two attached hydrogens (primary N) is 1. The Balaban J connectivity index is 2.03. The molecular formula is C17H27N3O. The Morgan fingerprint density at radius 3 is 2.19 bits per heavy atom. The lowest BCUT2D eigenvalue weighted by Crippen LogP contribution is -2.44. The zero-order valence-corrected chi connectivity index (χ0v) is 13.4. The summed E-state index contributed by atoms with van der Waals surface area (Å²) in [5, 5.41) is 0.